The summed E-state index contributed by atoms with van der Waals surface area (Å²) >= 11 is 0. The van der Waals surface area contributed by atoms with E-state index in [1.165, 1.54) is 0 Å². The molecular formula is C6H13F3OSi2. The van der Waals surface area contributed by atoms with Crippen molar-refractivity contribution in [3.8, 4) is 0 Å². The van der Waals surface area contributed by atoms with Crippen molar-refractivity contribution in [2.45, 2.75) is 24.7 Å². The maximum Gasteiger partial charge on any atom is 0.388 e. The lowest BCUT2D eigenvalue weighted by Crippen LogP contribution is -2.19. The molecule has 0 heterocycles. The molecule has 0 aromatic rings. The molecule has 0 radical (unpaired) electrons. The molecule has 1 nitrogen and oxygen atoms in total. The van der Waals surface area contributed by atoms with Crippen molar-refractivity contribution < 1.29 is 17.3 Å². The average Bonchev–Trinajstić information content (AvgIpc) is 1.96. The van der Waals surface area contributed by atoms with Crippen molar-refractivity contribution in [1.29, 1.82) is 0 Å². The summed E-state index contributed by atoms with van der Waals surface area (Å²) in [5, 5.41) is 0. The molecule has 0 bridgehead atoms. The Kier molecular flexibility index (Phi) is 5.51. The molecule has 0 aromatic carbocycles. The van der Waals surface area contributed by atoms with Gasteiger partial charge in [-0.2, -0.15) is 13.2 Å². The van der Waals surface area contributed by atoms with Crippen LogP contribution in [0.1, 0.15) is 6.42 Å². The number of hydrogen-bond donors (Lipinski definition) is 0. The maximum atomic E-state index is 11.7. The lowest BCUT2D eigenvalue weighted by molar-refractivity contribution is -0.130. The Balaban J connectivity index is 3.64. The summed E-state index contributed by atoms with van der Waals surface area (Å²) < 4.78 is 40.3. The van der Waals surface area contributed by atoms with Crippen LogP contribution in [-0.2, 0) is 4.12 Å². The molecule has 6 heteroatoms. The molecule has 0 aromatic heterocycles. The first-order valence-electron chi connectivity index (χ1n) is 3.70. The van der Waals surface area contributed by atoms with Gasteiger partial charge in [0.1, 0.15) is 10.5 Å². The van der Waals surface area contributed by atoms with E-state index in [1.807, 2.05) is 0 Å². The SMILES string of the molecule is C=CC[SiH](CCC(F)(F)F)O[SiH3]. The smallest absolute Gasteiger partial charge is 0.388 e. The topological polar surface area (TPSA) is 9.23 Å². The maximum absolute atomic E-state index is 11.7. The van der Waals surface area contributed by atoms with E-state index in [2.05, 4.69) is 6.58 Å². The van der Waals surface area contributed by atoms with Crippen molar-refractivity contribution >= 4 is 19.5 Å². The molecule has 0 saturated carbocycles. The van der Waals surface area contributed by atoms with E-state index in [4.69, 9.17) is 4.12 Å². The number of allylic oxidation sites excluding steroid dienone is 1. The van der Waals surface area contributed by atoms with Crippen LogP contribution in [0.4, 0.5) is 13.2 Å². The van der Waals surface area contributed by atoms with Gasteiger partial charge in [-0.3, -0.25) is 0 Å². The molecule has 0 fully saturated rings. The van der Waals surface area contributed by atoms with Crippen molar-refractivity contribution in [3.63, 3.8) is 0 Å². The lowest BCUT2D eigenvalue weighted by atomic mass is 10.5. The number of halogens is 3. The van der Waals surface area contributed by atoms with Gasteiger partial charge in [0.15, 0.2) is 9.04 Å². The Morgan fingerprint density at radius 2 is 2.08 bits per heavy atom. The van der Waals surface area contributed by atoms with Crippen LogP contribution < -0.4 is 0 Å². The summed E-state index contributed by atoms with van der Waals surface area (Å²) in [7, 11) is -1.06. The Morgan fingerprint density at radius 1 is 1.50 bits per heavy atom. The van der Waals surface area contributed by atoms with Crippen LogP contribution in [0.5, 0.6) is 0 Å². The third kappa shape index (κ3) is 6.62. The molecule has 72 valence electrons. The fraction of sp³-hybridized carbons (Fsp3) is 0.667. The molecule has 0 aliphatic carbocycles. The Labute approximate surface area is 74.9 Å². The van der Waals surface area contributed by atoms with E-state index in [0.29, 0.717) is 16.5 Å². The van der Waals surface area contributed by atoms with Crippen LogP contribution in [0.25, 0.3) is 0 Å². The Bertz CT molecular complexity index is 137. The highest BCUT2D eigenvalue weighted by atomic mass is 28.3. The summed E-state index contributed by atoms with van der Waals surface area (Å²) in [6.45, 7) is 3.48. The zero-order chi connectivity index (χ0) is 9.61. The van der Waals surface area contributed by atoms with Crippen LogP contribution in [0.15, 0.2) is 12.7 Å². The molecule has 0 aliphatic rings. The first kappa shape index (κ1) is 11.9. The summed E-state index contributed by atoms with van der Waals surface area (Å²) in [5.41, 5.74) is 0. The fourth-order valence-corrected chi connectivity index (χ4v) is 3.81. The van der Waals surface area contributed by atoms with Gasteiger partial charge in [0.2, 0.25) is 0 Å². The predicted octanol–water partition coefficient (Wildman–Crippen LogP) is 1.15. The van der Waals surface area contributed by atoms with Crippen LogP contribution in [0.2, 0.25) is 12.1 Å². The molecule has 0 saturated heterocycles. The van der Waals surface area contributed by atoms with Gasteiger partial charge in [0.05, 0.1) is 0 Å². The van der Waals surface area contributed by atoms with Gasteiger partial charge in [-0.1, -0.05) is 6.08 Å². The second-order valence-corrected chi connectivity index (χ2v) is 6.71. The second kappa shape index (κ2) is 5.55. The van der Waals surface area contributed by atoms with Crippen molar-refractivity contribution in [3.05, 3.63) is 12.7 Å². The van der Waals surface area contributed by atoms with E-state index >= 15 is 0 Å². The van der Waals surface area contributed by atoms with E-state index in [0.717, 1.165) is 0 Å². The minimum atomic E-state index is -4.04. The van der Waals surface area contributed by atoms with Crippen LogP contribution in [-0.4, -0.2) is 25.7 Å². The average molecular weight is 214 g/mol. The van der Waals surface area contributed by atoms with E-state index < -0.39 is 21.6 Å². The van der Waals surface area contributed by atoms with Gasteiger partial charge in [-0.15, -0.1) is 6.58 Å². The molecule has 0 amide bonds. The minimum absolute atomic E-state index is 0.180. The monoisotopic (exact) mass is 214 g/mol. The summed E-state index contributed by atoms with van der Waals surface area (Å²) in [5.74, 6) is 0. The highest BCUT2D eigenvalue weighted by molar-refractivity contribution is 6.56. The third-order valence-electron chi connectivity index (χ3n) is 1.51. The molecule has 0 spiro atoms. The van der Waals surface area contributed by atoms with Crippen LogP contribution in [0, 0.1) is 0 Å². The van der Waals surface area contributed by atoms with E-state index in [9.17, 15) is 13.2 Å². The van der Waals surface area contributed by atoms with Gasteiger partial charge in [-0.25, -0.2) is 0 Å². The molecule has 0 aliphatic heterocycles. The van der Waals surface area contributed by atoms with E-state index in [-0.39, 0.29) is 6.04 Å². The standard InChI is InChI=1S/C6H13F3OSi2/c1-2-4-12(10-11)5-3-6(7,8)9/h2,12H,1,3-5H2,11H3. The summed E-state index contributed by atoms with van der Waals surface area (Å²) in [6, 6.07) is 0.818. The van der Waals surface area contributed by atoms with Gasteiger partial charge in [0.25, 0.3) is 0 Å². The zero-order valence-corrected chi connectivity index (χ0v) is 10.2. The van der Waals surface area contributed by atoms with Crippen LogP contribution >= 0.6 is 0 Å². The van der Waals surface area contributed by atoms with Crippen molar-refractivity contribution in [1.82, 2.24) is 0 Å². The molecule has 1 atom stereocenters. The van der Waals surface area contributed by atoms with Gasteiger partial charge in [0, 0.05) is 6.42 Å². The highest BCUT2D eigenvalue weighted by Crippen LogP contribution is 2.23. The predicted molar refractivity (Wildman–Crippen MR) is 48.7 cm³/mol. The summed E-state index contributed by atoms with van der Waals surface area (Å²) in [6.07, 6.45) is -3.10. The third-order valence-corrected chi connectivity index (χ3v) is 5.97. The van der Waals surface area contributed by atoms with Crippen LogP contribution in [0.3, 0.4) is 0 Å². The lowest BCUT2D eigenvalue weighted by Gasteiger charge is -2.12. The Hall–Kier alpha value is -0.0762. The fourth-order valence-electron chi connectivity index (χ4n) is 0.842. The van der Waals surface area contributed by atoms with Gasteiger partial charge >= 0.3 is 6.18 Å². The van der Waals surface area contributed by atoms with Gasteiger partial charge in [-0.05, 0) is 12.1 Å². The van der Waals surface area contributed by atoms with E-state index in [1.54, 1.807) is 6.08 Å². The first-order chi connectivity index (χ1) is 5.49. The number of hydrogen-bond acceptors (Lipinski definition) is 1. The largest absolute Gasteiger partial charge is 0.465 e. The molecule has 0 rings (SSSR count). The number of alkyl halides is 3. The summed E-state index contributed by atoms with van der Waals surface area (Å²) in [4.78, 5) is 0. The van der Waals surface area contributed by atoms with Crippen molar-refractivity contribution in [2.75, 3.05) is 0 Å². The van der Waals surface area contributed by atoms with Crippen molar-refractivity contribution in [2.24, 2.45) is 0 Å². The normalized spacial score (nSPS) is 14.6. The van der Waals surface area contributed by atoms with Gasteiger partial charge < -0.3 is 4.12 Å². The molecule has 0 N–H and O–H groups in total. The number of rotatable bonds is 5. The first-order valence-corrected chi connectivity index (χ1v) is 6.62. The molecular weight excluding hydrogens is 201 g/mol. The second-order valence-electron chi connectivity index (χ2n) is 2.54. The highest BCUT2D eigenvalue weighted by Gasteiger charge is 2.28. The Morgan fingerprint density at radius 3 is 2.42 bits per heavy atom. The zero-order valence-electron chi connectivity index (χ0n) is 7.03. The minimum Gasteiger partial charge on any atom is -0.465 e. The quantitative estimate of drug-likeness (QED) is 0.493. The molecule has 12 heavy (non-hydrogen) atoms. The molecule has 1 unspecified atom stereocenters.